The number of pyridine rings is 1. The first-order valence-corrected chi connectivity index (χ1v) is 10.3. The highest BCUT2D eigenvalue weighted by molar-refractivity contribution is 6.51. The number of hydrogen-bond acceptors (Lipinski definition) is 5. The van der Waals surface area contributed by atoms with Crippen molar-refractivity contribution in [2.45, 2.75) is 19.9 Å². The summed E-state index contributed by atoms with van der Waals surface area (Å²) in [6.07, 6.45) is 3.16. The van der Waals surface area contributed by atoms with E-state index in [2.05, 4.69) is 4.98 Å². The van der Waals surface area contributed by atoms with Crippen LogP contribution in [-0.4, -0.2) is 28.9 Å². The van der Waals surface area contributed by atoms with Gasteiger partial charge >= 0.3 is 0 Å². The number of carbonyl (C=O) groups is 2. The topological polar surface area (TPSA) is 79.7 Å². The van der Waals surface area contributed by atoms with Gasteiger partial charge in [-0.05, 0) is 66.9 Å². The lowest BCUT2D eigenvalue weighted by molar-refractivity contribution is -0.132. The van der Waals surface area contributed by atoms with Crippen molar-refractivity contribution in [3.05, 3.63) is 93.8 Å². The molecule has 0 radical (unpaired) electrons. The van der Waals surface area contributed by atoms with Crippen molar-refractivity contribution in [2.75, 3.05) is 12.0 Å². The molecule has 1 atom stereocenters. The molecule has 4 rings (SSSR count). The number of Topliss-reactive ketones (excluding diaryl/α,β-unsaturated/α-hetero) is 1. The minimum Gasteiger partial charge on any atom is -0.507 e. The van der Waals surface area contributed by atoms with E-state index in [1.165, 1.54) is 12.0 Å². The van der Waals surface area contributed by atoms with E-state index in [1.807, 2.05) is 32.0 Å². The van der Waals surface area contributed by atoms with Crippen LogP contribution < -0.4 is 9.64 Å². The van der Waals surface area contributed by atoms with E-state index < -0.39 is 17.7 Å². The molecule has 1 aliphatic rings. The van der Waals surface area contributed by atoms with Crippen LogP contribution in [0.2, 0.25) is 5.02 Å². The molecule has 1 saturated heterocycles. The average molecular weight is 449 g/mol. The summed E-state index contributed by atoms with van der Waals surface area (Å²) in [7, 11) is 1.43. The van der Waals surface area contributed by atoms with Crippen LogP contribution in [0.1, 0.15) is 28.3 Å². The molecule has 1 aromatic heterocycles. The first-order chi connectivity index (χ1) is 15.3. The van der Waals surface area contributed by atoms with E-state index >= 15 is 0 Å². The summed E-state index contributed by atoms with van der Waals surface area (Å²) in [5.41, 5.74) is 3.11. The van der Waals surface area contributed by atoms with Crippen LogP contribution in [0, 0.1) is 13.8 Å². The summed E-state index contributed by atoms with van der Waals surface area (Å²) in [6, 6.07) is 13.3. The molecule has 6 nitrogen and oxygen atoms in total. The Morgan fingerprint density at radius 1 is 1.06 bits per heavy atom. The number of methoxy groups -OCH3 is 1. The van der Waals surface area contributed by atoms with Gasteiger partial charge in [0.25, 0.3) is 11.7 Å². The number of aromatic nitrogens is 1. The highest BCUT2D eigenvalue weighted by Crippen LogP contribution is 2.44. The second-order valence-electron chi connectivity index (χ2n) is 7.62. The monoisotopic (exact) mass is 448 g/mol. The molecule has 1 unspecified atom stereocenters. The number of rotatable bonds is 4. The molecule has 1 aliphatic heterocycles. The standard InChI is InChI=1S/C25H21ClN2O4/c1-14-5-4-6-17(11-14)28-21(16-7-9-27-10-8-16)20(23(30)25(28)31)22(29)18-12-15(2)13-19(26)24(18)32-3/h4-13,21,29H,1-3H3/b22-20+. The Morgan fingerprint density at radius 3 is 2.44 bits per heavy atom. The van der Waals surface area contributed by atoms with Crippen LogP contribution in [0.5, 0.6) is 5.75 Å². The van der Waals surface area contributed by atoms with Gasteiger partial charge in [0.05, 0.1) is 29.3 Å². The molecule has 3 aromatic rings. The largest absolute Gasteiger partial charge is 0.507 e. The lowest BCUT2D eigenvalue weighted by atomic mass is 9.95. The Balaban J connectivity index is 2.01. The molecule has 0 saturated carbocycles. The maximum absolute atomic E-state index is 13.2. The average Bonchev–Trinajstić information content (AvgIpc) is 3.04. The molecule has 2 aromatic carbocycles. The fraction of sp³-hybridized carbons (Fsp3) is 0.160. The third kappa shape index (κ3) is 3.63. The molecule has 1 N–H and O–H groups in total. The number of aliphatic hydroxyl groups is 1. The zero-order valence-electron chi connectivity index (χ0n) is 17.8. The molecule has 1 amide bonds. The van der Waals surface area contributed by atoms with Crippen LogP contribution in [0.25, 0.3) is 5.76 Å². The summed E-state index contributed by atoms with van der Waals surface area (Å²) in [5, 5.41) is 11.6. The van der Waals surface area contributed by atoms with Crippen LogP contribution in [0.3, 0.4) is 0 Å². The van der Waals surface area contributed by atoms with Gasteiger partial charge in [-0.3, -0.25) is 19.5 Å². The Bertz CT molecular complexity index is 1250. The van der Waals surface area contributed by atoms with Crippen molar-refractivity contribution >= 4 is 34.7 Å². The fourth-order valence-electron chi connectivity index (χ4n) is 4.00. The normalized spacial score (nSPS) is 17.6. The van der Waals surface area contributed by atoms with Gasteiger partial charge in [0.15, 0.2) is 0 Å². The first-order valence-electron chi connectivity index (χ1n) is 9.95. The van der Waals surface area contributed by atoms with E-state index in [-0.39, 0.29) is 22.6 Å². The summed E-state index contributed by atoms with van der Waals surface area (Å²) in [4.78, 5) is 31.9. The lowest BCUT2D eigenvalue weighted by Gasteiger charge is -2.25. The second-order valence-corrected chi connectivity index (χ2v) is 8.02. The van der Waals surface area contributed by atoms with Crippen LogP contribution in [0.15, 0.2) is 66.5 Å². The molecule has 162 valence electrons. The number of aliphatic hydroxyl groups excluding tert-OH is 1. The van der Waals surface area contributed by atoms with Gasteiger partial charge < -0.3 is 9.84 Å². The molecule has 0 spiro atoms. The number of hydrogen-bond donors (Lipinski definition) is 1. The third-order valence-corrected chi connectivity index (χ3v) is 5.67. The Hall–Kier alpha value is -3.64. The van der Waals surface area contributed by atoms with Gasteiger partial charge in [-0.15, -0.1) is 0 Å². The maximum atomic E-state index is 13.2. The predicted octanol–water partition coefficient (Wildman–Crippen LogP) is 4.99. The van der Waals surface area contributed by atoms with Crippen molar-refractivity contribution in [1.29, 1.82) is 0 Å². The number of anilines is 1. The molecular formula is C25H21ClN2O4. The van der Waals surface area contributed by atoms with Gasteiger partial charge in [-0.2, -0.15) is 0 Å². The number of ether oxygens (including phenoxy) is 1. The highest BCUT2D eigenvalue weighted by atomic mass is 35.5. The Morgan fingerprint density at radius 2 is 1.78 bits per heavy atom. The van der Waals surface area contributed by atoms with Crippen molar-refractivity contribution in [3.63, 3.8) is 0 Å². The minimum absolute atomic E-state index is 0.0392. The Labute approximate surface area is 190 Å². The molecular weight excluding hydrogens is 428 g/mol. The Kier molecular flexibility index (Phi) is 5.72. The van der Waals surface area contributed by atoms with Gasteiger partial charge in [0, 0.05) is 18.1 Å². The number of ketones is 1. The summed E-state index contributed by atoms with van der Waals surface area (Å²) >= 11 is 6.32. The second kappa shape index (κ2) is 8.48. The zero-order chi connectivity index (χ0) is 23.0. The van der Waals surface area contributed by atoms with Gasteiger partial charge in [0.1, 0.15) is 11.5 Å². The van der Waals surface area contributed by atoms with Crippen LogP contribution in [-0.2, 0) is 9.59 Å². The van der Waals surface area contributed by atoms with Gasteiger partial charge in [-0.1, -0.05) is 23.7 Å². The van der Waals surface area contributed by atoms with E-state index in [1.54, 1.807) is 42.7 Å². The summed E-state index contributed by atoms with van der Waals surface area (Å²) < 4.78 is 5.40. The minimum atomic E-state index is -0.844. The van der Waals surface area contributed by atoms with Crippen molar-refractivity contribution < 1.29 is 19.4 Å². The molecule has 7 heteroatoms. The number of carbonyl (C=O) groups excluding carboxylic acids is 2. The van der Waals surface area contributed by atoms with Crippen LogP contribution in [0.4, 0.5) is 5.69 Å². The van der Waals surface area contributed by atoms with E-state index in [0.717, 1.165) is 11.1 Å². The van der Waals surface area contributed by atoms with Gasteiger partial charge in [0.2, 0.25) is 0 Å². The van der Waals surface area contributed by atoms with Gasteiger partial charge in [-0.25, -0.2) is 0 Å². The van der Waals surface area contributed by atoms with Crippen molar-refractivity contribution in [2.24, 2.45) is 0 Å². The molecule has 1 fully saturated rings. The maximum Gasteiger partial charge on any atom is 0.300 e. The highest BCUT2D eigenvalue weighted by Gasteiger charge is 2.47. The molecule has 2 heterocycles. The number of benzene rings is 2. The van der Waals surface area contributed by atoms with Crippen molar-refractivity contribution in [1.82, 2.24) is 4.98 Å². The fourth-order valence-corrected chi connectivity index (χ4v) is 4.35. The van der Waals surface area contributed by atoms with E-state index in [4.69, 9.17) is 16.3 Å². The smallest absolute Gasteiger partial charge is 0.300 e. The summed E-state index contributed by atoms with van der Waals surface area (Å²) in [6.45, 7) is 3.72. The third-order valence-electron chi connectivity index (χ3n) is 5.39. The lowest BCUT2D eigenvalue weighted by Crippen LogP contribution is -2.29. The number of aryl methyl sites for hydroxylation is 2. The summed E-state index contributed by atoms with van der Waals surface area (Å²) in [5.74, 6) is -1.63. The zero-order valence-corrected chi connectivity index (χ0v) is 18.6. The SMILES string of the molecule is COc1c(Cl)cc(C)cc1/C(O)=C1\C(=O)C(=O)N(c2cccc(C)c2)C1c1ccncc1. The first kappa shape index (κ1) is 21.6. The number of halogens is 1. The number of amides is 1. The molecule has 0 bridgehead atoms. The number of nitrogens with zero attached hydrogens (tertiary/aromatic N) is 2. The van der Waals surface area contributed by atoms with E-state index in [0.29, 0.717) is 16.3 Å². The van der Waals surface area contributed by atoms with Crippen molar-refractivity contribution in [3.8, 4) is 5.75 Å². The van der Waals surface area contributed by atoms with E-state index in [9.17, 15) is 14.7 Å². The molecule has 32 heavy (non-hydrogen) atoms. The van der Waals surface area contributed by atoms with Crippen LogP contribution >= 0.6 is 11.6 Å². The molecule has 0 aliphatic carbocycles. The predicted molar refractivity (Wildman–Crippen MR) is 123 cm³/mol. The quantitative estimate of drug-likeness (QED) is 0.345.